The first-order chi connectivity index (χ1) is 20.3. The first-order valence-corrected chi connectivity index (χ1v) is 14.8. The Morgan fingerprint density at radius 2 is 1.71 bits per heavy atom. The lowest BCUT2D eigenvalue weighted by Crippen LogP contribution is -2.62. The molecule has 0 bridgehead atoms. The van der Waals surface area contributed by atoms with Gasteiger partial charge in [0.25, 0.3) is 0 Å². The van der Waals surface area contributed by atoms with Crippen molar-refractivity contribution >= 4 is 28.5 Å². The number of rotatable bonds is 9. The van der Waals surface area contributed by atoms with E-state index in [9.17, 15) is 18.8 Å². The summed E-state index contributed by atoms with van der Waals surface area (Å²) in [6.45, 7) is 4.25. The first-order valence-electron chi connectivity index (χ1n) is 14.8. The summed E-state index contributed by atoms with van der Waals surface area (Å²) in [5.74, 6) is -0.751. The van der Waals surface area contributed by atoms with E-state index >= 15 is 0 Å². The number of benzene rings is 3. The van der Waals surface area contributed by atoms with Crippen LogP contribution in [0.15, 0.2) is 66.7 Å². The van der Waals surface area contributed by atoms with Crippen molar-refractivity contribution in [1.29, 1.82) is 0 Å². The highest BCUT2D eigenvalue weighted by atomic mass is 19.1. The Labute approximate surface area is 246 Å². The highest BCUT2D eigenvalue weighted by Gasteiger charge is 2.37. The highest BCUT2D eigenvalue weighted by molar-refractivity contribution is 5.90. The molecule has 3 amide bonds. The molecule has 42 heavy (non-hydrogen) atoms. The average Bonchev–Trinajstić information content (AvgIpc) is 3.55. The summed E-state index contributed by atoms with van der Waals surface area (Å²) in [5.41, 5.74) is 1.85. The van der Waals surface area contributed by atoms with E-state index in [-0.39, 0.29) is 48.1 Å². The molecule has 4 unspecified atom stereocenters. The summed E-state index contributed by atoms with van der Waals surface area (Å²) >= 11 is 0. The van der Waals surface area contributed by atoms with E-state index in [0.29, 0.717) is 26.1 Å². The van der Waals surface area contributed by atoms with Gasteiger partial charge in [0.15, 0.2) is 0 Å². The molecule has 0 radical (unpaired) electrons. The fourth-order valence-electron chi connectivity index (χ4n) is 6.18. The van der Waals surface area contributed by atoms with Gasteiger partial charge in [-0.05, 0) is 66.8 Å². The van der Waals surface area contributed by atoms with Crippen LogP contribution in [0.2, 0.25) is 0 Å². The molecule has 4 atom stereocenters. The Balaban J connectivity index is 1.29. The Hall–Kier alpha value is -3.82. The van der Waals surface area contributed by atoms with Gasteiger partial charge in [-0.15, -0.1) is 0 Å². The number of carbonyl (C=O) groups is 3. The summed E-state index contributed by atoms with van der Waals surface area (Å²) < 4.78 is 13.5. The van der Waals surface area contributed by atoms with Crippen LogP contribution in [-0.2, 0) is 27.2 Å². The van der Waals surface area contributed by atoms with E-state index in [1.165, 1.54) is 12.1 Å². The molecule has 9 heteroatoms. The van der Waals surface area contributed by atoms with Gasteiger partial charge in [0.05, 0.1) is 12.1 Å². The van der Waals surface area contributed by atoms with Crippen molar-refractivity contribution in [2.45, 2.75) is 56.8 Å². The Kier molecular flexibility index (Phi) is 9.49. The Morgan fingerprint density at radius 3 is 2.40 bits per heavy atom. The summed E-state index contributed by atoms with van der Waals surface area (Å²) in [7, 11) is 1.65. The molecule has 3 N–H and O–H groups in total. The van der Waals surface area contributed by atoms with Crippen molar-refractivity contribution in [1.82, 2.24) is 25.8 Å². The second kappa shape index (κ2) is 13.4. The molecule has 2 saturated heterocycles. The third kappa shape index (κ3) is 6.97. The van der Waals surface area contributed by atoms with E-state index in [4.69, 9.17) is 0 Å². The third-order valence-electron chi connectivity index (χ3n) is 8.52. The van der Waals surface area contributed by atoms with E-state index in [1.54, 1.807) is 19.2 Å². The molecule has 222 valence electrons. The van der Waals surface area contributed by atoms with Gasteiger partial charge in [-0.25, -0.2) is 4.39 Å². The largest absolute Gasteiger partial charge is 0.358 e. The zero-order valence-electron chi connectivity index (χ0n) is 24.3. The number of fused-ring (bicyclic) bond motifs is 1. The van der Waals surface area contributed by atoms with Gasteiger partial charge < -0.3 is 20.9 Å². The molecule has 3 aromatic carbocycles. The number of nitrogens with zero attached hydrogens (tertiary/aromatic N) is 2. The van der Waals surface area contributed by atoms with Crippen LogP contribution in [0.1, 0.15) is 30.9 Å². The quantitative estimate of drug-likeness (QED) is 0.366. The molecule has 2 heterocycles. The van der Waals surface area contributed by atoms with Crippen molar-refractivity contribution in [3.8, 4) is 0 Å². The number of piperazine rings is 1. The van der Waals surface area contributed by atoms with Crippen molar-refractivity contribution in [3.05, 3.63) is 83.7 Å². The molecule has 3 aromatic rings. The normalized spacial score (nSPS) is 20.7. The van der Waals surface area contributed by atoms with Gasteiger partial charge in [0, 0.05) is 39.1 Å². The predicted molar refractivity (Wildman–Crippen MR) is 161 cm³/mol. The summed E-state index contributed by atoms with van der Waals surface area (Å²) in [4.78, 5) is 44.0. The van der Waals surface area contributed by atoms with Crippen molar-refractivity contribution < 1.29 is 18.8 Å². The molecular weight excluding hydrogens is 533 g/mol. The van der Waals surface area contributed by atoms with Crippen molar-refractivity contribution in [3.63, 3.8) is 0 Å². The van der Waals surface area contributed by atoms with Crippen molar-refractivity contribution in [2.24, 2.45) is 0 Å². The molecule has 0 aromatic heterocycles. The standard InChI is InChI=1S/C33H40FN5O3/c1-22-21-38(30(32(41)35-2)20-24-9-12-25-6-3-4-7-26(25)18-24)16-17-39(22)33(42)29(19-23-10-13-27(34)14-11-23)37-31(40)28-8-5-15-36-28/h3-4,6-7,9-14,18,22,28-30,36H,5,8,15-17,19-21H2,1-2H3,(H,35,41)(H,37,40). The van der Waals surface area contributed by atoms with Crippen LogP contribution in [0.3, 0.4) is 0 Å². The maximum Gasteiger partial charge on any atom is 0.245 e. The molecule has 0 aliphatic carbocycles. The lowest BCUT2D eigenvalue weighted by atomic mass is 9.98. The van der Waals surface area contributed by atoms with Gasteiger partial charge in [0.2, 0.25) is 17.7 Å². The molecule has 2 aliphatic rings. The van der Waals surface area contributed by atoms with E-state index in [2.05, 4.69) is 51.2 Å². The maximum atomic E-state index is 13.9. The van der Waals surface area contributed by atoms with Gasteiger partial charge in [0.1, 0.15) is 11.9 Å². The number of hydrogen-bond donors (Lipinski definition) is 3. The number of likely N-dealkylation sites (N-methyl/N-ethyl adjacent to an activating group) is 1. The Bertz CT molecular complexity index is 1410. The van der Waals surface area contributed by atoms with Crippen LogP contribution in [0, 0.1) is 5.82 Å². The zero-order chi connectivity index (χ0) is 29.6. The minimum atomic E-state index is -0.772. The number of amides is 3. The molecule has 2 fully saturated rings. The predicted octanol–water partition coefficient (Wildman–Crippen LogP) is 2.65. The third-order valence-corrected chi connectivity index (χ3v) is 8.52. The summed E-state index contributed by atoms with van der Waals surface area (Å²) in [6, 6.07) is 18.9. The average molecular weight is 574 g/mol. The van der Waals surface area contributed by atoms with Crippen molar-refractivity contribution in [2.75, 3.05) is 33.2 Å². The molecule has 2 aliphatic heterocycles. The molecule has 8 nitrogen and oxygen atoms in total. The second-order valence-corrected chi connectivity index (χ2v) is 11.4. The minimum absolute atomic E-state index is 0.0550. The van der Waals surface area contributed by atoms with E-state index in [0.717, 1.165) is 41.3 Å². The molecule has 0 spiro atoms. The Morgan fingerprint density at radius 1 is 0.976 bits per heavy atom. The number of halogens is 1. The summed E-state index contributed by atoms with van der Waals surface area (Å²) in [6.07, 6.45) is 2.48. The lowest BCUT2D eigenvalue weighted by molar-refractivity contribution is -0.141. The van der Waals surface area contributed by atoms with Gasteiger partial charge in [-0.3, -0.25) is 19.3 Å². The van der Waals surface area contributed by atoms with Gasteiger partial charge in [-0.1, -0.05) is 54.6 Å². The monoisotopic (exact) mass is 573 g/mol. The minimum Gasteiger partial charge on any atom is -0.358 e. The smallest absolute Gasteiger partial charge is 0.245 e. The maximum absolute atomic E-state index is 13.9. The topological polar surface area (TPSA) is 93.8 Å². The fraction of sp³-hybridized carbons (Fsp3) is 0.424. The molecule has 0 saturated carbocycles. The number of carbonyl (C=O) groups excluding carboxylic acids is 3. The summed E-state index contributed by atoms with van der Waals surface area (Å²) in [5, 5.41) is 11.3. The van der Waals surface area contributed by atoms with E-state index in [1.807, 2.05) is 24.0 Å². The first kappa shape index (κ1) is 29.7. The van der Waals surface area contributed by atoms with Crippen LogP contribution >= 0.6 is 0 Å². The van der Waals surface area contributed by atoms with Crippen LogP contribution in [-0.4, -0.2) is 84.9 Å². The second-order valence-electron chi connectivity index (χ2n) is 11.4. The zero-order valence-corrected chi connectivity index (χ0v) is 24.3. The molecule has 5 rings (SSSR count). The van der Waals surface area contributed by atoms with E-state index < -0.39 is 6.04 Å². The lowest BCUT2D eigenvalue weighted by Gasteiger charge is -2.43. The molecular formula is C33H40FN5O3. The van der Waals surface area contributed by atoms with Gasteiger partial charge >= 0.3 is 0 Å². The van der Waals surface area contributed by atoms with Crippen LogP contribution in [0.5, 0.6) is 0 Å². The highest BCUT2D eigenvalue weighted by Crippen LogP contribution is 2.21. The van der Waals surface area contributed by atoms with Crippen LogP contribution in [0.4, 0.5) is 4.39 Å². The number of nitrogens with one attached hydrogen (secondary N) is 3. The van der Waals surface area contributed by atoms with Gasteiger partial charge in [-0.2, -0.15) is 0 Å². The fourth-order valence-corrected chi connectivity index (χ4v) is 6.18. The van der Waals surface area contributed by atoms with Crippen LogP contribution in [0.25, 0.3) is 10.8 Å². The number of hydrogen-bond acceptors (Lipinski definition) is 5. The van der Waals surface area contributed by atoms with Crippen LogP contribution < -0.4 is 16.0 Å². The SMILES string of the molecule is CNC(=O)C(Cc1ccc2ccccc2c1)N1CCN(C(=O)C(Cc2ccc(F)cc2)NC(=O)C2CCCN2)C(C)C1.